The first-order chi connectivity index (χ1) is 28.2. The van der Waals surface area contributed by atoms with Crippen molar-refractivity contribution < 1.29 is 33.0 Å². The number of ether oxygens (including phenoxy) is 4. The predicted octanol–water partition coefficient (Wildman–Crippen LogP) is 11.1. The average molecular weight is 881 g/mol. The molecule has 2 fully saturated rings. The Morgan fingerprint density at radius 1 is 0.900 bits per heavy atom. The van der Waals surface area contributed by atoms with Crippen LogP contribution in [0.5, 0.6) is 17.4 Å². The fraction of sp³-hybridized carbons (Fsp3) is 0.553. The van der Waals surface area contributed by atoms with E-state index in [0.717, 1.165) is 53.5 Å². The summed E-state index contributed by atoms with van der Waals surface area (Å²) >= 11 is 12.7. The topological polar surface area (TPSA) is 108 Å². The standard InChI is InChI=1S/C47H63Cl2N3O7Si/c1-30-26-37(48)41(38(49)27-30)56-25-24-55-35-15-12-32(13-16-35)36-28-34-14-17-39(52(34)44(54)59-45(3,4)5)40(36)42(53)51-47(19-20-47)29-33-18-21-50-43(31(33)2)57-22-11-23-58-60(9,10)46(6,7)8/h12-13,15-16,18,21,26-27,34,39H,11,14,17,19-20,22-25,28-29H2,1-10H3,(H,51,53)/t34-,39?/m0/s1. The molecule has 1 unspecified atom stereocenters. The Hall–Kier alpha value is -3.77. The number of hydrogen-bond acceptors (Lipinski definition) is 8. The van der Waals surface area contributed by atoms with E-state index in [1.54, 1.807) is 11.1 Å². The molecule has 1 N–H and O–H groups in total. The first-order valence-corrected chi connectivity index (χ1v) is 24.9. The van der Waals surface area contributed by atoms with Gasteiger partial charge in [-0.05, 0) is 144 Å². The fourth-order valence-electron chi connectivity index (χ4n) is 7.78. The lowest BCUT2D eigenvalue weighted by Gasteiger charge is -2.38. The maximum Gasteiger partial charge on any atom is 0.411 e. The van der Waals surface area contributed by atoms with Gasteiger partial charge in [-0.2, -0.15) is 0 Å². The van der Waals surface area contributed by atoms with Crippen LogP contribution in [0.3, 0.4) is 0 Å². The highest BCUT2D eigenvalue weighted by Gasteiger charge is 2.50. The molecule has 1 saturated heterocycles. The van der Waals surface area contributed by atoms with Gasteiger partial charge in [0.25, 0.3) is 0 Å². The Morgan fingerprint density at radius 2 is 1.57 bits per heavy atom. The molecule has 60 heavy (non-hydrogen) atoms. The Balaban J connectivity index is 1.16. The van der Waals surface area contributed by atoms with Gasteiger partial charge in [-0.15, -0.1) is 0 Å². The molecule has 0 radical (unpaired) electrons. The van der Waals surface area contributed by atoms with Gasteiger partial charge in [0, 0.05) is 41.9 Å². The van der Waals surface area contributed by atoms with Crippen molar-refractivity contribution in [2.75, 3.05) is 26.4 Å². The zero-order valence-corrected chi connectivity index (χ0v) is 39.6. The Morgan fingerprint density at radius 3 is 2.20 bits per heavy atom. The molecule has 2 aromatic carbocycles. The van der Waals surface area contributed by atoms with Crippen LogP contribution in [0.1, 0.15) is 102 Å². The molecule has 10 nitrogen and oxygen atoms in total. The quantitative estimate of drug-likeness (QED) is 0.112. The smallest absolute Gasteiger partial charge is 0.411 e. The number of halogens is 2. The second-order valence-corrected chi connectivity index (χ2v) is 24.8. The highest BCUT2D eigenvalue weighted by atomic mass is 35.5. The van der Waals surface area contributed by atoms with Crippen molar-refractivity contribution in [3.8, 4) is 17.4 Å². The molecule has 3 aliphatic rings. The maximum absolute atomic E-state index is 14.7. The van der Waals surface area contributed by atoms with Crippen LogP contribution in [-0.2, 0) is 20.4 Å². The number of carbonyl (C=O) groups is 2. The molecular weight excluding hydrogens is 818 g/mol. The number of nitrogens with zero attached hydrogens (tertiary/aromatic N) is 2. The zero-order valence-electron chi connectivity index (χ0n) is 37.1. The summed E-state index contributed by atoms with van der Waals surface area (Å²) < 4.78 is 30.2. The SMILES string of the molecule is Cc1cc(Cl)c(OCCOc2ccc(C3=C(C(=O)NC4(Cc5ccnc(OCCCO[Si](C)(C)C(C)(C)C)c5C)CC4)C4CC[C@@H](C3)N4C(=O)OC(C)(C)C)cc2)c(Cl)c1. The van der Waals surface area contributed by atoms with Crippen LogP contribution in [0.15, 0.2) is 54.2 Å². The van der Waals surface area contributed by atoms with E-state index in [1.807, 2.05) is 77.1 Å². The first kappa shape index (κ1) is 45.7. The van der Waals surface area contributed by atoms with Crippen molar-refractivity contribution in [3.63, 3.8) is 0 Å². The van der Waals surface area contributed by atoms with E-state index in [9.17, 15) is 9.59 Å². The van der Waals surface area contributed by atoms with Crippen LogP contribution in [0.4, 0.5) is 4.79 Å². The molecule has 1 saturated carbocycles. The van der Waals surface area contributed by atoms with Gasteiger partial charge >= 0.3 is 6.09 Å². The van der Waals surface area contributed by atoms with Crippen LogP contribution in [0, 0.1) is 13.8 Å². The zero-order chi connectivity index (χ0) is 43.6. The van der Waals surface area contributed by atoms with E-state index in [4.69, 9.17) is 46.6 Å². The van der Waals surface area contributed by atoms with E-state index in [0.29, 0.717) is 65.5 Å². The number of carbonyl (C=O) groups excluding carboxylic acids is 2. The summed E-state index contributed by atoms with van der Waals surface area (Å²) in [6, 6.07) is 13.0. The van der Waals surface area contributed by atoms with E-state index in [-0.39, 0.29) is 36.3 Å². The molecule has 3 aromatic rings. The highest BCUT2D eigenvalue weighted by molar-refractivity contribution is 6.74. The van der Waals surface area contributed by atoms with Crippen molar-refractivity contribution in [3.05, 3.63) is 86.5 Å². The number of benzene rings is 2. The van der Waals surface area contributed by atoms with Gasteiger partial charge in [0.2, 0.25) is 11.8 Å². The molecule has 2 amide bonds. The minimum Gasteiger partial charge on any atom is -0.490 e. The van der Waals surface area contributed by atoms with Crippen molar-refractivity contribution in [2.45, 2.75) is 142 Å². The maximum atomic E-state index is 14.7. The van der Waals surface area contributed by atoms with Crippen LogP contribution >= 0.6 is 23.2 Å². The van der Waals surface area contributed by atoms with Crippen LogP contribution < -0.4 is 19.5 Å². The number of pyridine rings is 1. The first-order valence-electron chi connectivity index (χ1n) is 21.3. The third-order valence-corrected chi connectivity index (χ3v) is 17.3. The summed E-state index contributed by atoms with van der Waals surface area (Å²) in [5.41, 5.74) is 4.46. The molecule has 13 heteroatoms. The van der Waals surface area contributed by atoms with Crippen LogP contribution in [0.2, 0.25) is 28.2 Å². The highest BCUT2D eigenvalue weighted by Crippen LogP contribution is 2.46. The monoisotopic (exact) mass is 879 g/mol. The van der Waals surface area contributed by atoms with Crippen LogP contribution in [-0.4, -0.2) is 79.9 Å². The Bertz CT molecular complexity index is 2050. The van der Waals surface area contributed by atoms with Gasteiger partial charge in [-0.3, -0.25) is 9.69 Å². The molecular formula is C47H63Cl2N3O7Si. The summed E-state index contributed by atoms with van der Waals surface area (Å²) in [7, 11) is -1.82. The summed E-state index contributed by atoms with van der Waals surface area (Å²) in [6.45, 7) is 22.5. The fourth-order valence-corrected chi connectivity index (χ4v) is 9.57. The van der Waals surface area contributed by atoms with Crippen molar-refractivity contribution in [1.29, 1.82) is 0 Å². The molecule has 3 heterocycles. The molecule has 6 rings (SSSR count). The van der Waals surface area contributed by atoms with Gasteiger partial charge in [0.1, 0.15) is 24.6 Å². The number of rotatable bonds is 16. The van der Waals surface area contributed by atoms with Gasteiger partial charge < -0.3 is 28.7 Å². The van der Waals surface area contributed by atoms with Gasteiger partial charge in [0.05, 0.1) is 22.7 Å². The van der Waals surface area contributed by atoms with Gasteiger partial charge in [-0.25, -0.2) is 9.78 Å². The third kappa shape index (κ3) is 11.0. The van der Waals surface area contributed by atoms with Crippen LogP contribution in [0.25, 0.3) is 5.57 Å². The number of aryl methyl sites for hydroxylation is 1. The summed E-state index contributed by atoms with van der Waals surface area (Å²) in [6.07, 6.45) is 6.56. The average Bonchev–Trinajstić information content (AvgIpc) is 3.83. The second kappa shape index (κ2) is 18.3. The molecule has 2 aliphatic heterocycles. The summed E-state index contributed by atoms with van der Waals surface area (Å²) in [5, 5.41) is 4.54. The van der Waals surface area contributed by atoms with E-state index < -0.39 is 25.5 Å². The summed E-state index contributed by atoms with van der Waals surface area (Å²) in [4.78, 5) is 34.8. The molecule has 2 atom stereocenters. The number of nitrogens with one attached hydrogen (secondary N) is 1. The van der Waals surface area contributed by atoms with Crippen molar-refractivity contribution >= 4 is 49.1 Å². The normalized spacial score (nSPS) is 18.6. The van der Waals surface area contributed by atoms with E-state index in [2.05, 4.69) is 44.2 Å². The minimum absolute atomic E-state index is 0.0729. The molecule has 1 aliphatic carbocycles. The van der Waals surface area contributed by atoms with E-state index >= 15 is 0 Å². The second-order valence-electron chi connectivity index (χ2n) is 19.1. The third-order valence-electron chi connectivity index (χ3n) is 12.2. The largest absolute Gasteiger partial charge is 0.490 e. The molecule has 1 aromatic heterocycles. The molecule has 326 valence electrons. The lowest BCUT2D eigenvalue weighted by atomic mass is 9.87. The molecule has 0 spiro atoms. The number of fused-ring (bicyclic) bond motifs is 2. The van der Waals surface area contributed by atoms with E-state index in [1.165, 1.54) is 0 Å². The summed E-state index contributed by atoms with van der Waals surface area (Å²) in [5.74, 6) is 1.57. The lowest BCUT2D eigenvalue weighted by Crippen LogP contribution is -2.51. The minimum atomic E-state index is -1.82. The Labute approximate surface area is 367 Å². The number of aromatic nitrogens is 1. The number of hydrogen-bond donors (Lipinski definition) is 1. The van der Waals surface area contributed by atoms with Gasteiger partial charge in [0.15, 0.2) is 14.1 Å². The van der Waals surface area contributed by atoms with Gasteiger partial charge in [-0.1, -0.05) is 56.1 Å². The Kier molecular flexibility index (Phi) is 13.9. The molecule has 2 bridgehead atoms. The van der Waals surface area contributed by atoms with Crippen molar-refractivity contribution in [2.24, 2.45) is 0 Å². The number of amides is 2. The van der Waals surface area contributed by atoms with Crippen molar-refractivity contribution in [1.82, 2.24) is 15.2 Å². The predicted molar refractivity (Wildman–Crippen MR) is 241 cm³/mol. The lowest BCUT2D eigenvalue weighted by molar-refractivity contribution is -0.119.